The molecule has 1 atom stereocenters. The van der Waals surface area contributed by atoms with E-state index in [1.54, 1.807) is 17.0 Å². The molecule has 2 aliphatic heterocycles. The molecule has 0 spiro atoms. The molecule has 0 aromatic heterocycles. The van der Waals surface area contributed by atoms with Crippen molar-refractivity contribution in [3.8, 4) is 11.5 Å². The van der Waals surface area contributed by atoms with Crippen molar-refractivity contribution in [2.75, 3.05) is 19.8 Å². The summed E-state index contributed by atoms with van der Waals surface area (Å²) in [6, 6.07) is 10.2. The number of halogens is 1. The summed E-state index contributed by atoms with van der Waals surface area (Å²) in [6.45, 7) is 1.84. The van der Waals surface area contributed by atoms with Crippen molar-refractivity contribution >= 4 is 27.5 Å². The van der Waals surface area contributed by atoms with Gasteiger partial charge in [0.05, 0.1) is 28.7 Å². The molecule has 2 aromatic rings. The molecule has 1 amide bonds. The van der Waals surface area contributed by atoms with Crippen molar-refractivity contribution in [1.82, 2.24) is 4.90 Å². The first kappa shape index (κ1) is 18.7. The van der Waals surface area contributed by atoms with Crippen molar-refractivity contribution in [3.63, 3.8) is 0 Å². The van der Waals surface area contributed by atoms with E-state index < -0.39 is 4.92 Å². The summed E-state index contributed by atoms with van der Waals surface area (Å²) in [4.78, 5) is 25.6. The highest BCUT2D eigenvalue weighted by Gasteiger charge is 2.32. The van der Waals surface area contributed by atoms with E-state index in [1.165, 1.54) is 6.07 Å². The minimum atomic E-state index is -0.494. The van der Waals surface area contributed by atoms with Gasteiger partial charge in [0.1, 0.15) is 0 Å². The molecular formula is C20H19BrN2O5. The lowest BCUT2D eigenvalue weighted by atomic mass is 10.0. The molecule has 0 bridgehead atoms. The Morgan fingerprint density at radius 1 is 1.11 bits per heavy atom. The van der Waals surface area contributed by atoms with Crippen LogP contribution in [-0.2, 0) is 0 Å². The normalized spacial score (nSPS) is 18.6. The topological polar surface area (TPSA) is 81.9 Å². The Balaban J connectivity index is 1.62. The fourth-order valence-corrected chi connectivity index (χ4v) is 4.09. The number of amides is 1. The molecule has 0 aliphatic carbocycles. The summed E-state index contributed by atoms with van der Waals surface area (Å²) in [5, 5.41) is 11.2. The number of nitro groups is 1. The summed E-state index contributed by atoms with van der Waals surface area (Å²) in [7, 11) is 0. The van der Waals surface area contributed by atoms with Gasteiger partial charge in [0.15, 0.2) is 11.5 Å². The van der Waals surface area contributed by atoms with Gasteiger partial charge in [0, 0.05) is 24.6 Å². The Bertz CT molecular complexity index is 933. The predicted molar refractivity (Wildman–Crippen MR) is 106 cm³/mol. The third kappa shape index (κ3) is 3.56. The summed E-state index contributed by atoms with van der Waals surface area (Å²) < 4.78 is 11.8. The fourth-order valence-electron chi connectivity index (χ4n) is 3.69. The molecule has 8 heteroatoms. The van der Waals surface area contributed by atoms with Gasteiger partial charge in [-0.15, -0.1) is 0 Å². The van der Waals surface area contributed by atoms with Crippen molar-refractivity contribution < 1.29 is 19.2 Å². The number of carbonyl (C=O) groups is 1. The van der Waals surface area contributed by atoms with Crippen LogP contribution in [0.15, 0.2) is 40.9 Å². The molecule has 2 aliphatic rings. The first-order chi connectivity index (χ1) is 13.5. The maximum atomic E-state index is 13.1. The number of benzene rings is 2. The molecule has 0 N–H and O–H groups in total. The number of hydrogen-bond acceptors (Lipinski definition) is 5. The molecule has 1 saturated heterocycles. The van der Waals surface area contributed by atoms with E-state index in [1.807, 2.05) is 18.2 Å². The van der Waals surface area contributed by atoms with Gasteiger partial charge in [0.2, 0.25) is 0 Å². The van der Waals surface area contributed by atoms with E-state index in [4.69, 9.17) is 9.47 Å². The van der Waals surface area contributed by atoms with E-state index in [2.05, 4.69) is 15.9 Å². The molecule has 0 saturated carbocycles. The van der Waals surface area contributed by atoms with Crippen LogP contribution in [0, 0.1) is 10.1 Å². The number of nitrogens with zero attached hydrogens (tertiary/aromatic N) is 2. The van der Waals surface area contributed by atoms with E-state index in [0.717, 1.165) is 30.6 Å². The highest BCUT2D eigenvalue weighted by atomic mass is 79.9. The van der Waals surface area contributed by atoms with Crippen LogP contribution in [0.4, 0.5) is 5.69 Å². The number of fused-ring (bicyclic) bond motifs is 1. The SMILES string of the molecule is O=C(c1ccc(Br)c([N+](=O)[O-])c1)N1CCCC1c1ccc2c(c1)OCCCO2. The van der Waals surface area contributed by atoms with Crippen molar-refractivity contribution in [2.45, 2.75) is 25.3 Å². The second-order valence-corrected chi connectivity index (χ2v) is 7.69. The first-order valence-corrected chi connectivity index (χ1v) is 9.98. The van der Waals surface area contributed by atoms with Crippen LogP contribution in [-0.4, -0.2) is 35.5 Å². The standard InChI is InChI=1S/C20H19BrN2O5/c21-15-6-4-14(11-17(15)23(25)26)20(24)22-8-1-3-16(22)13-5-7-18-19(12-13)28-10-2-9-27-18/h4-7,11-12,16H,1-3,8-10H2. The molecule has 1 unspecified atom stereocenters. The van der Waals surface area contributed by atoms with Gasteiger partial charge in [0.25, 0.3) is 11.6 Å². The largest absolute Gasteiger partial charge is 0.490 e. The summed E-state index contributed by atoms with van der Waals surface area (Å²) in [5.41, 5.74) is 1.19. The number of nitro benzene ring substituents is 1. The third-order valence-electron chi connectivity index (χ3n) is 5.06. The summed E-state index contributed by atoms with van der Waals surface area (Å²) in [6.07, 6.45) is 2.55. The Morgan fingerprint density at radius 2 is 1.89 bits per heavy atom. The Labute approximate surface area is 170 Å². The van der Waals surface area contributed by atoms with Crippen molar-refractivity contribution in [3.05, 3.63) is 62.1 Å². The lowest BCUT2D eigenvalue weighted by Crippen LogP contribution is -2.30. The number of carbonyl (C=O) groups excluding carboxylic acids is 1. The van der Waals surface area contributed by atoms with Crippen LogP contribution in [0.1, 0.15) is 41.2 Å². The second kappa shape index (κ2) is 7.79. The zero-order chi connectivity index (χ0) is 19.7. The Hall–Kier alpha value is -2.61. The molecule has 0 radical (unpaired) electrons. The Kier molecular flexibility index (Phi) is 5.21. The number of hydrogen-bond donors (Lipinski definition) is 0. The molecule has 1 fully saturated rings. The van der Waals surface area contributed by atoms with Crippen molar-refractivity contribution in [2.24, 2.45) is 0 Å². The third-order valence-corrected chi connectivity index (χ3v) is 5.73. The average molecular weight is 447 g/mol. The second-order valence-electron chi connectivity index (χ2n) is 6.84. The highest BCUT2D eigenvalue weighted by molar-refractivity contribution is 9.10. The first-order valence-electron chi connectivity index (χ1n) is 9.19. The van der Waals surface area contributed by atoms with Gasteiger partial charge in [-0.3, -0.25) is 14.9 Å². The van der Waals surface area contributed by atoms with Crippen molar-refractivity contribution in [1.29, 1.82) is 0 Å². The minimum absolute atomic E-state index is 0.0904. The maximum Gasteiger partial charge on any atom is 0.284 e. The molecule has 4 rings (SSSR count). The van der Waals surface area contributed by atoms with Crippen LogP contribution >= 0.6 is 15.9 Å². The highest BCUT2D eigenvalue weighted by Crippen LogP contribution is 2.39. The van der Waals surface area contributed by atoms with Crippen LogP contribution in [0.3, 0.4) is 0 Å². The molecule has 2 aromatic carbocycles. The lowest BCUT2D eigenvalue weighted by molar-refractivity contribution is -0.385. The molecule has 7 nitrogen and oxygen atoms in total. The zero-order valence-corrected chi connectivity index (χ0v) is 16.7. The number of rotatable bonds is 3. The van der Waals surface area contributed by atoms with Gasteiger partial charge in [-0.05, 0) is 58.6 Å². The number of likely N-dealkylation sites (tertiary alicyclic amines) is 1. The van der Waals surface area contributed by atoms with Gasteiger partial charge in [-0.2, -0.15) is 0 Å². The molecular weight excluding hydrogens is 428 g/mol. The smallest absolute Gasteiger partial charge is 0.284 e. The summed E-state index contributed by atoms with van der Waals surface area (Å²) in [5.74, 6) is 1.22. The van der Waals surface area contributed by atoms with E-state index in [9.17, 15) is 14.9 Å². The monoisotopic (exact) mass is 446 g/mol. The number of ether oxygens (including phenoxy) is 2. The average Bonchev–Trinajstić information content (AvgIpc) is 3.06. The Morgan fingerprint density at radius 3 is 2.68 bits per heavy atom. The predicted octanol–water partition coefficient (Wildman–Crippen LogP) is 4.50. The molecule has 146 valence electrons. The van der Waals surface area contributed by atoms with E-state index in [0.29, 0.717) is 35.5 Å². The van der Waals surface area contributed by atoms with E-state index >= 15 is 0 Å². The van der Waals surface area contributed by atoms with Gasteiger partial charge in [-0.1, -0.05) is 6.07 Å². The van der Waals surface area contributed by atoms with Crippen LogP contribution in [0.5, 0.6) is 11.5 Å². The minimum Gasteiger partial charge on any atom is -0.490 e. The quantitative estimate of drug-likeness (QED) is 0.512. The van der Waals surface area contributed by atoms with Gasteiger partial charge < -0.3 is 14.4 Å². The summed E-state index contributed by atoms with van der Waals surface area (Å²) >= 11 is 3.16. The molecule has 28 heavy (non-hydrogen) atoms. The molecule has 2 heterocycles. The van der Waals surface area contributed by atoms with Crippen LogP contribution in [0.2, 0.25) is 0 Å². The van der Waals surface area contributed by atoms with E-state index in [-0.39, 0.29) is 17.6 Å². The van der Waals surface area contributed by atoms with Gasteiger partial charge in [-0.25, -0.2) is 0 Å². The van der Waals surface area contributed by atoms with Gasteiger partial charge >= 0.3 is 0 Å². The fraction of sp³-hybridized carbons (Fsp3) is 0.350. The van der Waals surface area contributed by atoms with Crippen LogP contribution < -0.4 is 9.47 Å². The zero-order valence-electron chi connectivity index (χ0n) is 15.1. The maximum absolute atomic E-state index is 13.1. The van der Waals surface area contributed by atoms with Crippen LogP contribution in [0.25, 0.3) is 0 Å². The lowest BCUT2D eigenvalue weighted by Gasteiger charge is -2.26.